The van der Waals surface area contributed by atoms with Gasteiger partial charge in [0.25, 0.3) is 0 Å². The molecule has 1 aromatic carbocycles. The number of benzene rings is 1. The summed E-state index contributed by atoms with van der Waals surface area (Å²) < 4.78 is 5.46. The lowest BCUT2D eigenvalue weighted by atomic mass is 10.2. The predicted octanol–water partition coefficient (Wildman–Crippen LogP) is 3.22. The van der Waals surface area contributed by atoms with Gasteiger partial charge in [0.2, 0.25) is 11.8 Å². The SMILES string of the molecule is CC(=O)Nc1ccc(/C=C/C(=O)N(C)Cc2ccc(C)o2)cc1. The van der Waals surface area contributed by atoms with Crippen LogP contribution < -0.4 is 5.32 Å². The second-order valence-electron chi connectivity index (χ2n) is 5.34. The quantitative estimate of drug-likeness (QED) is 0.862. The third kappa shape index (κ3) is 5.14. The largest absolute Gasteiger partial charge is 0.464 e. The van der Waals surface area contributed by atoms with Crippen molar-refractivity contribution in [2.24, 2.45) is 0 Å². The number of carbonyl (C=O) groups is 2. The second kappa shape index (κ2) is 7.45. The fraction of sp³-hybridized carbons (Fsp3) is 0.222. The molecule has 0 aliphatic rings. The summed E-state index contributed by atoms with van der Waals surface area (Å²) >= 11 is 0. The topological polar surface area (TPSA) is 62.6 Å². The van der Waals surface area contributed by atoms with Gasteiger partial charge in [-0.1, -0.05) is 12.1 Å². The lowest BCUT2D eigenvalue weighted by Crippen LogP contribution is -2.23. The molecule has 0 unspecified atom stereocenters. The predicted molar refractivity (Wildman–Crippen MR) is 89.7 cm³/mol. The van der Waals surface area contributed by atoms with Crippen molar-refractivity contribution in [2.75, 3.05) is 12.4 Å². The second-order valence-corrected chi connectivity index (χ2v) is 5.34. The molecule has 0 aliphatic heterocycles. The molecular weight excluding hydrogens is 292 g/mol. The third-order valence-corrected chi connectivity index (χ3v) is 3.21. The number of furan rings is 1. The molecule has 120 valence electrons. The molecule has 5 nitrogen and oxygen atoms in total. The van der Waals surface area contributed by atoms with E-state index in [0.717, 1.165) is 22.8 Å². The highest BCUT2D eigenvalue weighted by atomic mass is 16.3. The fourth-order valence-electron chi connectivity index (χ4n) is 2.06. The van der Waals surface area contributed by atoms with Gasteiger partial charge in [-0.15, -0.1) is 0 Å². The first-order valence-electron chi connectivity index (χ1n) is 7.30. The molecule has 1 N–H and O–H groups in total. The lowest BCUT2D eigenvalue weighted by molar-refractivity contribution is -0.125. The van der Waals surface area contributed by atoms with Crippen molar-refractivity contribution in [1.82, 2.24) is 4.90 Å². The number of likely N-dealkylation sites (N-methyl/N-ethyl adjacent to an activating group) is 1. The van der Waals surface area contributed by atoms with E-state index in [1.807, 2.05) is 31.2 Å². The van der Waals surface area contributed by atoms with Crippen LogP contribution in [0.25, 0.3) is 6.08 Å². The summed E-state index contributed by atoms with van der Waals surface area (Å²) in [5.41, 5.74) is 1.61. The summed E-state index contributed by atoms with van der Waals surface area (Å²) in [7, 11) is 1.73. The molecule has 0 spiro atoms. The van der Waals surface area contributed by atoms with Crippen molar-refractivity contribution >= 4 is 23.6 Å². The molecule has 5 heteroatoms. The highest BCUT2D eigenvalue weighted by Gasteiger charge is 2.08. The van der Waals surface area contributed by atoms with Crippen molar-refractivity contribution in [1.29, 1.82) is 0 Å². The number of amides is 2. The zero-order valence-corrected chi connectivity index (χ0v) is 13.5. The number of nitrogens with zero attached hydrogens (tertiary/aromatic N) is 1. The van der Waals surface area contributed by atoms with Gasteiger partial charge in [0.05, 0.1) is 6.54 Å². The van der Waals surface area contributed by atoms with E-state index in [1.54, 1.807) is 30.2 Å². The standard InChI is InChI=1S/C18H20N2O3/c1-13-4-10-17(23-13)12-20(3)18(22)11-7-15-5-8-16(9-6-15)19-14(2)21/h4-11H,12H2,1-3H3,(H,19,21)/b11-7+. The van der Waals surface area contributed by atoms with Crippen molar-refractivity contribution in [2.45, 2.75) is 20.4 Å². The van der Waals surface area contributed by atoms with Gasteiger partial charge in [-0.25, -0.2) is 0 Å². The molecular formula is C18H20N2O3. The van der Waals surface area contributed by atoms with Crippen LogP contribution >= 0.6 is 0 Å². The maximum absolute atomic E-state index is 12.1. The Morgan fingerprint density at radius 1 is 1.17 bits per heavy atom. The third-order valence-electron chi connectivity index (χ3n) is 3.21. The van der Waals surface area contributed by atoms with Crippen LogP contribution in [0, 0.1) is 6.92 Å². The van der Waals surface area contributed by atoms with E-state index >= 15 is 0 Å². The van der Waals surface area contributed by atoms with E-state index in [1.165, 1.54) is 13.0 Å². The van der Waals surface area contributed by atoms with Crippen molar-refractivity contribution in [3.05, 3.63) is 59.6 Å². The Morgan fingerprint density at radius 2 is 1.87 bits per heavy atom. The van der Waals surface area contributed by atoms with E-state index in [0.29, 0.717) is 6.54 Å². The zero-order valence-electron chi connectivity index (χ0n) is 13.5. The molecule has 0 saturated carbocycles. The number of rotatable bonds is 5. The van der Waals surface area contributed by atoms with Gasteiger partial charge in [0.1, 0.15) is 11.5 Å². The first-order valence-corrected chi connectivity index (χ1v) is 7.30. The average Bonchev–Trinajstić information content (AvgIpc) is 2.90. The average molecular weight is 312 g/mol. The molecule has 0 saturated heterocycles. The Hall–Kier alpha value is -2.82. The zero-order chi connectivity index (χ0) is 16.8. The monoisotopic (exact) mass is 312 g/mol. The molecule has 0 radical (unpaired) electrons. The summed E-state index contributed by atoms with van der Waals surface area (Å²) in [5.74, 6) is 1.37. The molecule has 2 rings (SSSR count). The summed E-state index contributed by atoms with van der Waals surface area (Å²) in [6.45, 7) is 3.76. The van der Waals surface area contributed by atoms with Crippen LogP contribution in [0.5, 0.6) is 0 Å². The molecule has 1 heterocycles. The molecule has 2 aromatic rings. The number of nitrogens with one attached hydrogen (secondary N) is 1. The number of aryl methyl sites for hydroxylation is 1. The Morgan fingerprint density at radius 3 is 2.43 bits per heavy atom. The van der Waals surface area contributed by atoms with Crippen molar-refractivity contribution < 1.29 is 14.0 Å². The summed E-state index contributed by atoms with van der Waals surface area (Å²) in [6, 6.07) is 11.0. The molecule has 0 aliphatic carbocycles. The molecule has 0 atom stereocenters. The highest BCUT2D eigenvalue weighted by Crippen LogP contribution is 2.12. The maximum Gasteiger partial charge on any atom is 0.246 e. The van der Waals surface area contributed by atoms with Gasteiger partial charge in [-0.05, 0) is 42.8 Å². The Labute approximate surface area is 135 Å². The Kier molecular flexibility index (Phi) is 5.36. The van der Waals surface area contributed by atoms with E-state index in [4.69, 9.17) is 4.42 Å². The van der Waals surface area contributed by atoms with E-state index < -0.39 is 0 Å². The van der Waals surface area contributed by atoms with Crippen LogP contribution in [0.15, 0.2) is 46.9 Å². The molecule has 2 amide bonds. The highest BCUT2D eigenvalue weighted by molar-refractivity contribution is 5.92. The van der Waals surface area contributed by atoms with E-state index in [2.05, 4.69) is 5.32 Å². The van der Waals surface area contributed by atoms with Gasteiger partial charge in [-0.2, -0.15) is 0 Å². The number of hydrogen-bond acceptors (Lipinski definition) is 3. The first kappa shape index (κ1) is 16.5. The molecule has 0 bridgehead atoms. The van der Waals surface area contributed by atoms with Crippen LogP contribution in [0.3, 0.4) is 0 Å². The van der Waals surface area contributed by atoms with Crippen LogP contribution in [-0.2, 0) is 16.1 Å². The van der Waals surface area contributed by atoms with Crippen molar-refractivity contribution in [3.63, 3.8) is 0 Å². The molecule has 1 aromatic heterocycles. The van der Waals surface area contributed by atoms with Gasteiger partial charge >= 0.3 is 0 Å². The van der Waals surface area contributed by atoms with Crippen LogP contribution in [0.1, 0.15) is 24.0 Å². The van der Waals surface area contributed by atoms with Crippen LogP contribution in [-0.4, -0.2) is 23.8 Å². The number of hydrogen-bond donors (Lipinski definition) is 1. The summed E-state index contributed by atoms with van der Waals surface area (Å²) in [4.78, 5) is 24.6. The smallest absolute Gasteiger partial charge is 0.246 e. The maximum atomic E-state index is 12.1. The van der Waals surface area contributed by atoms with Crippen LogP contribution in [0.2, 0.25) is 0 Å². The minimum atomic E-state index is -0.113. The normalized spacial score (nSPS) is 10.7. The first-order chi connectivity index (χ1) is 10.9. The Balaban J connectivity index is 1.93. The molecule has 23 heavy (non-hydrogen) atoms. The molecule has 0 fully saturated rings. The fourth-order valence-corrected chi connectivity index (χ4v) is 2.06. The Bertz CT molecular complexity index is 714. The van der Waals surface area contributed by atoms with Gasteiger partial charge < -0.3 is 14.6 Å². The minimum Gasteiger partial charge on any atom is -0.464 e. The van der Waals surface area contributed by atoms with E-state index in [-0.39, 0.29) is 11.8 Å². The van der Waals surface area contributed by atoms with Crippen LogP contribution in [0.4, 0.5) is 5.69 Å². The van der Waals surface area contributed by atoms with Gasteiger partial charge in [0.15, 0.2) is 0 Å². The summed E-state index contributed by atoms with van der Waals surface area (Å²) in [5, 5.41) is 2.70. The number of carbonyl (C=O) groups excluding carboxylic acids is 2. The van der Waals surface area contributed by atoms with Crippen molar-refractivity contribution in [3.8, 4) is 0 Å². The van der Waals surface area contributed by atoms with Gasteiger partial charge in [-0.3, -0.25) is 9.59 Å². The summed E-state index contributed by atoms with van der Waals surface area (Å²) in [6.07, 6.45) is 3.26. The van der Waals surface area contributed by atoms with Gasteiger partial charge in [0, 0.05) is 25.7 Å². The minimum absolute atomic E-state index is 0.106. The number of anilines is 1. The van der Waals surface area contributed by atoms with E-state index in [9.17, 15) is 9.59 Å². The lowest BCUT2D eigenvalue weighted by Gasteiger charge is -2.13.